The third-order valence-corrected chi connectivity index (χ3v) is 3.47. The van der Waals surface area contributed by atoms with Gasteiger partial charge in [0.1, 0.15) is 0 Å². The monoisotopic (exact) mass is 366 g/mol. The van der Waals surface area contributed by atoms with Gasteiger partial charge in [-0.1, -0.05) is 23.2 Å². The fraction of sp³-hybridized carbons (Fsp3) is 0.0625. The number of nitrogens with zero attached hydrogens (tertiary/aromatic N) is 1. The molecule has 0 unspecified atom stereocenters. The van der Waals surface area contributed by atoms with Gasteiger partial charge in [0, 0.05) is 5.02 Å². The zero-order valence-corrected chi connectivity index (χ0v) is 14.0. The zero-order valence-electron chi connectivity index (χ0n) is 12.5. The Kier molecular flexibility index (Phi) is 6.17. The van der Waals surface area contributed by atoms with Crippen LogP contribution in [0.3, 0.4) is 0 Å². The topological polar surface area (TPSA) is 77.0 Å². The van der Waals surface area contributed by atoms with Crippen molar-refractivity contribution >= 4 is 41.8 Å². The number of carbonyl (C=O) groups is 2. The van der Waals surface area contributed by atoms with Crippen molar-refractivity contribution in [2.75, 3.05) is 7.11 Å². The molecule has 6 nitrogen and oxygen atoms in total. The number of amides is 1. The SMILES string of the molecule is COc1cc(/C=N\NC(=O)c2ccc(Cl)cc2Cl)ccc1OC=O. The normalized spacial score (nSPS) is 10.5. The Bertz CT molecular complexity index is 794. The van der Waals surface area contributed by atoms with E-state index in [1.165, 1.54) is 25.5 Å². The maximum atomic E-state index is 12.0. The number of hydrazone groups is 1. The standard InChI is InChI=1S/C16H12Cl2N2O4/c1-23-15-6-10(2-5-14(15)24-9-21)8-19-20-16(22)12-4-3-11(17)7-13(12)18/h2-9H,1H3,(H,20,22)/b19-8-. The molecule has 0 spiro atoms. The lowest BCUT2D eigenvalue weighted by Gasteiger charge is -2.06. The quantitative estimate of drug-likeness (QED) is 0.483. The van der Waals surface area contributed by atoms with E-state index >= 15 is 0 Å². The molecule has 0 fully saturated rings. The van der Waals surface area contributed by atoms with Crippen LogP contribution in [0.4, 0.5) is 0 Å². The maximum Gasteiger partial charge on any atom is 0.298 e. The van der Waals surface area contributed by atoms with Crippen LogP contribution in [0.5, 0.6) is 11.5 Å². The minimum atomic E-state index is -0.471. The van der Waals surface area contributed by atoms with E-state index in [1.807, 2.05) is 0 Å². The van der Waals surface area contributed by atoms with Gasteiger partial charge in [-0.3, -0.25) is 9.59 Å². The van der Waals surface area contributed by atoms with E-state index in [0.717, 1.165) is 0 Å². The summed E-state index contributed by atoms with van der Waals surface area (Å²) >= 11 is 11.7. The Labute approximate surface area is 148 Å². The molecule has 2 aromatic carbocycles. The van der Waals surface area contributed by atoms with Crippen molar-refractivity contribution in [2.45, 2.75) is 0 Å². The van der Waals surface area contributed by atoms with Crippen molar-refractivity contribution in [1.82, 2.24) is 5.43 Å². The van der Waals surface area contributed by atoms with E-state index in [9.17, 15) is 9.59 Å². The molecule has 0 saturated heterocycles. The number of rotatable bonds is 6. The summed E-state index contributed by atoms with van der Waals surface area (Å²) < 4.78 is 9.86. The number of methoxy groups -OCH3 is 1. The molecule has 0 saturated carbocycles. The molecular formula is C16H12Cl2N2O4. The molecule has 0 atom stereocenters. The molecule has 0 aliphatic rings. The number of nitrogens with one attached hydrogen (secondary N) is 1. The van der Waals surface area contributed by atoms with Gasteiger partial charge < -0.3 is 9.47 Å². The molecule has 0 heterocycles. The summed E-state index contributed by atoms with van der Waals surface area (Å²) in [5.74, 6) is 0.167. The summed E-state index contributed by atoms with van der Waals surface area (Å²) in [6, 6.07) is 9.33. The van der Waals surface area contributed by atoms with Crippen LogP contribution < -0.4 is 14.9 Å². The lowest BCUT2D eigenvalue weighted by Crippen LogP contribution is -2.18. The zero-order chi connectivity index (χ0) is 17.5. The van der Waals surface area contributed by atoms with E-state index in [4.69, 9.17) is 32.7 Å². The van der Waals surface area contributed by atoms with Crippen LogP contribution in [0.15, 0.2) is 41.5 Å². The van der Waals surface area contributed by atoms with Gasteiger partial charge in [0.25, 0.3) is 12.4 Å². The maximum absolute atomic E-state index is 12.0. The molecule has 1 N–H and O–H groups in total. The Balaban J connectivity index is 2.08. The van der Waals surface area contributed by atoms with E-state index in [1.54, 1.807) is 24.3 Å². The minimum absolute atomic E-state index is 0.229. The van der Waals surface area contributed by atoms with Gasteiger partial charge >= 0.3 is 0 Å². The van der Waals surface area contributed by atoms with Crippen LogP contribution in [0.1, 0.15) is 15.9 Å². The van der Waals surface area contributed by atoms with Crippen LogP contribution in [-0.2, 0) is 4.79 Å². The third kappa shape index (κ3) is 4.47. The Morgan fingerprint density at radius 1 is 1.17 bits per heavy atom. The highest BCUT2D eigenvalue weighted by Crippen LogP contribution is 2.27. The number of hydrogen-bond acceptors (Lipinski definition) is 5. The van der Waals surface area contributed by atoms with Crippen molar-refractivity contribution in [3.63, 3.8) is 0 Å². The summed E-state index contributed by atoms with van der Waals surface area (Å²) in [7, 11) is 1.44. The van der Waals surface area contributed by atoms with Crippen molar-refractivity contribution < 1.29 is 19.1 Å². The van der Waals surface area contributed by atoms with Gasteiger partial charge in [-0.15, -0.1) is 0 Å². The first-order valence-corrected chi connectivity index (χ1v) is 7.37. The summed E-state index contributed by atoms with van der Waals surface area (Å²) in [5, 5.41) is 4.51. The second-order valence-electron chi connectivity index (χ2n) is 4.45. The number of benzene rings is 2. The molecule has 0 bridgehead atoms. The molecule has 0 aliphatic heterocycles. The van der Waals surface area contributed by atoms with E-state index in [-0.39, 0.29) is 16.3 Å². The van der Waals surface area contributed by atoms with Crippen LogP contribution in [0.25, 0.3) is 0 Å². The molecule has 0 aromatic heterocycles. The van der Waals surface area contributed by atoms with Gasteiger partial charge in [0.15, 0.2) is 11.5 Å². The minimum Gasteiger partial charge on any atom is -0.493 e. The first-order valence-electron chi connectivity index (χ1n) is 6.62. The number of ether oxygens (including phenoxy) is 2. The predicted octanol–water partition coefficient (Wildman–Crippen LogP) is 3.30. The Morgan fingerprint density at radius 3 is 2.62 bits per heavy atom. The summed E-state index contributed by atoms with van der Waals surface area (Å²) in [6.07, 6.45) is 1.41. The van der Waals surface area contributed by atoms with Crippen molar-refractivity contribution in [3.8, 4) is 11.5 Å². The smallest absolute Gasteiger partial charge is 0.298 e. The molecule has 0 aliphatic carbocycles. The lowest BCUT2D eigenvalue weighted by molar-refractivity contribution is -0.120. The molecule has 2 aromatic rings. The highest BCUT2D eigenvalue weighted by molar-refractivity contribution is 6.36. The van der Waals surface area contributed by atoms with E-state index in [0.29, 0.717) is 22.8 Å². The highest BCUT2D eigenvalue weighted by Gasteiger charge is 2.10. The molecule has 24 heavy (non-hydrogen) atoms. The van der Waals surface area contributed by atoms with Crippen LogP contribution in [0, 0.1) is 0 Å². The summed E-state index contributed by atoms with van der Waals surface area (Å²) in [6.45, 7) is 0.307. The van der Waals surface area contributed by atoms with Crippen molar-refractivity contribution in [1.29, 1.82) is 0 Å². The van der Waals surface area contributed by atoms with Crippen LogP contribution >= 0.6 is 23.2 Å². The number of carbonyl (C=O) groups excluding carboxylic acids is 2. The largest absolute Gasteiger partial charge is 0.493 e. The second-order valence-corrected chi connectivity index (χ2v) is 5.29. The van der Waals surface area contributed by atoms with Gasteiger partial charge in [-0.25, -0.2) is 5.43 Å². The van der Waals surface area contributed by atoms with Gasteiger partial charge in [-0.05, 0) is 42.0 Å². The Morgan fingerprint density at radius 2 is 1.96 bits per heavy atom. The third-order valence-electron chi connectivity index (χ3n) is 2.92. The van der Waals surface area contributed by atoms with Crippen LogP contribution in [0.2, 0.25) is 10.0 Å². The van der Waals surface area contributed by atoms with Crippen molar-refractivity contribution in [3.05, 3.63) is 57.6 Å². The second kappa shape index (κ2) is 8.33. The number of hydrogen-bond donors (Lipinski definition) is 1. The molecule has 124 valence electrons. The lowest BCUT2D eigenvalue weighted by atomic mass is 10.2. The molecule has 8 heteroatoms. The average molecular weight is 367 g/mol. The first kappa shape index (κ1) is 17.8. The Hall–Kier alpha value is -2.57. The van der Waals surface area contributed by atoms with E-state index < -0.39 is 5.91 Å². The fourth-order valence-corrected chi connectivity index (χ4v) is 2.31. The number of halogens is 2. The van der Waals surface area contributed by atoms with Gasteiger partial charge in [-0.2, -0.15) is 5.10 Å². The molecular weight excluding hydrogens is 355 g/mol. The first-order chi connectivity index (χ1) is 11.5. The van der Waals surface area contributed by atoms with Gasteiger partial charge in [0.2, 0.25) is 0 Å². The fourth-order valence-electron chi connectivity index (χ4n) is 1.81. The average Bonchev–Trinajstić information content (AvgIpc) is 2.56. The molecule has 0 radical (unpaired) electrons. The van der Waals surface area contributed by atoms with Crippen molar-refractivity contribution in [2.24, 2.45) is 5.10 Å². The van der Waals surface area contributed by atoms with Gasteiger partial charge in [0.05, 0.1) is 23.9 Å². The van der Waals surface area contributed by atoms with Crippen LogP contribution in [-0.4, -0.2) is 25.7 Å². The highest BCUT2D eigenvalue weighted by atomic mass is 35.5. The molecule has 1 amide bonds. The molecule has 2 rings (SSSR count). The summed E-state index contributed by atoms with van der Waals surface area (Å²) in [5.41, 5.74) is 3.25. The summed E-state index contributed by atoms with van der Waals surface area (Å²) in [4.78, 5) is 22.4. The predicted molar refractivity (Wildman–Crippen MR) is 91.2 cm³/mol. The van der Waals surface area contributed by atoms with E-state index in [2.05, 4.69) is 10.5 Å².